The lowest BCUT2D eigenvalue weighted by molar-refractivity contribution is -0.139. The second-order valence-electron chi connectivity index (χ2n) is 6.79. The molecule has 2 heterocycles. The van der Waals surface area contributed by atoms with Crippen molar-refractivity contribution < 1.29 is 9.59 Å². The Hall–Kier alpha value is -1.30. The van der Waals surface area contributed by atoms with E-state index >= 15 is 0 Å². The molecule has 3 aliphatic rings. The second kappa shape index (κ2) is 5.83. The Kier molecular flexibility index (Phi) is 4.06. The van der Waals surface area contributed by atoms with Gasteiger partial charge >= 0.3 is 6.03 Å². The van der Waals surface area contributed by atoms with Gasteiger partial charge in [-0.3, -0.25) is 4.79 Å². The Balaban J connectivity index is 1.59. The standard InChI is InChI=1S/C15H26N4O2/c1-10(11-3-2-4-12(16)7-11)14(20)18-5-6-19-13(9-18)8-17-15(19)21/h10-13H,2-9,16H2,1H3,(H,17,21). The van der Waals surface area contributed by atoms with Gasteiger partial charge in [0.15, 0.2) is 0 Å². The zero-order valence-corrected chi connectivity index (χ0v) is 12.8. The van der Waals surface area contributed by atoms with E-state index in [1.165, 1.54) is 0 Å². The molecule has 3 amide bonds. The highest BCUT2D eigenvalue weighted by Crippen LogP contribution is 2.31. The molecular formula is C15H26N4O2. The summed E-state index contributed by atoms with van der Waals surface area (Å²) in [6, 6.07) is 0.418. The number of nitrogens with one attached hydrogen (secondary N) is 1. The minimum Gasteiger partial charge on any atom is -0.339 e. The number of piperazine rings is 1. The average molecular weight is 294 g/mol. The molecule has 0 aromatic carbocycles. The smallest absolute Gasteiger partial charge is 0.317 e. The number of rotatable bonds is 2. The van der Waals surface area contributed by atoms with E-state index in [2.05, 4.69) is 12.2 Å². The molecule has 0 spiro atoms. The molecule has 1 saturated carbocycles. The lowest BCUT2D eigenvalue weighted by atomic mass is 9.78. The quantitative estimate of drug-likeness (QED) is 0.772. The molecule has 118 valence electrons. The van der Waals surface area contributed by atoms with Crippen LogP contribution in [0.2, 0.25) is 0 Å². The van der Waals surface area contributed by atoms with E-state index in [1.54, 1.807) is 0 Å². The fourth-order valence-electron chi connectivity index (χ4n) is 4.01. The highest BCUT2D eigenvalue weighted by atomic mass is 16.2. The van der Waals surface area contributed by atoms with Crippen molar-refractivity contribution in [2.24, 2.45) is 17.6 Å². The molecule has 4 unspecified atom stereocenters. The van der Waals surface area contributed by atoms with Gasteiger partial charge < -0.3 is 20.9 Å². The van der Waals surface area contributed by atoms with E-state index in [9.17, 15) is 9.59 Å². The number of nitrogens with zero attached hydrogens (tertiary/aromatic N) is 2. The third kappa shape index (κ3) is 2.86. The minimum atomic E-state index is 0.0124. The van der Waals surface area contributed by atoms with E-state index in [0.717, 1.165) is 25.7 Å². The molecule has 4 atom stereocenters. The summed E-state index contributed by atoms with van der Waals surface area (Å²) in [6.45, 7) is 4.69. The van der Waals surface area contributed by atoms with E-state index in [0.29, 0.717) is 32.1 Å². The Morgan fingerprint density at radius 3 is 2.95 bits per heavy atom. The molecule has 0 radical (unpaired) electrons. The number of carbonyl (C=O) groups is 2. The van der Waals surface area contributed by atoms with Crippen molar-refractivity contribution in [3.63, 3.8) is 0 Å². The summed E-state index contributed by atoms with van der Waals surface area (Å²) in [5.41, 5.74) is 6.05. The molecule has 0 aromatic heterocycles. The maximum atomic E-state index is 12.7. The second-order valence-corrected chi connectivity index (χ2v) is 6.79. The molecule has 21 heavy (non-hydrogen) atoms. The van der Waals surface area contributed by atoms with Crippen LogP contribution in [0, 0.1) is 11.8 Å². The van der Waals surface area contributed by atoms with Crippen molar-refractivity contribution in [1.82, 2.24) is 15.1 Å². The molecule has 3 rings (SSSR count). The molecule has 0 aromatic rings. The molecule has 3 N–H and O–H groups in total. The Bertz CT molecular complexity index is 428. The average Bonchev–Trinajstić information content (AvgIpc) is 2.86. The van der Waals surface area contributed by atoms with Crippen molar-refractivity contribution in [2.75, 3.05) is 26.2 Å². The summed E-state index contributed by atoms with van der Waals surface area (Å²) in [5.74, 6) is 0.712. The van der Waals surface area contributed by atoms with Crippen LogP contribution in [0.3, 0.4) is 0 Å². The molecule has 6 heteroatoms. The maximum absolute atomic E-state index is 12.7. The summed E-state index contributed by atoms with van der Waals surface area (Å²) in [4.78, 5) is 28.1. The normalized spacial score (nSPS) is 34.4. The molecule has 2 aliphatic heterocycles. The Morgan fingerprint density at radius 2 is 2.19 bits per heavy atom. The van der Waals surface area contributed by atoms with Crippen LogP contribution in [-0.2, 0) is 4.79 Å². The predicted molar refractivity (Wildman–Crippen MR) is 79.6 cm³/mol. The van der Waals surface area contributed by atoms with Crippen LogP contribution >= 0.6 is 0 Å². The van der Waals surface area contributed by atoms with Gasteiger partial charge in [-0.05, 0) is 25.2 Å². The number of carbonyl (C=O) groups excluding carboxylic acids is 2. The van der Waals surface area contributed by atoms with Crippen molar-refractivity contribution >= 4 is 11.9 Å². The van der Waals surface area contributed by atoms with Gasteiger partial charge in [0.2, 0.25) is 5.91 Å². The van der Waals surface area contributed by atoms with Crippen LogP contribution in [-0.4, -0.2) is 60.0 Å². The first kappa shape index (κ1) is 14.6. The number of fused-ring (bicyclic) bond motifs is 1. The number of nitrogens with two attached hydrogens (primary N) is 1. The molecule has 1 aliphatic carbocycles. The van der Waals surface area contributed by atoms with Crippen LogP contribution in [0.15, 0.2) is 0 Å². The molecular weight excluding hydrogens is 268 g/mol. The van der Waals surface area contributed by atoms with Crippen molar-refractivity contribution in [3.8, 4) is 0 Å². The molecule has 2 saturated heterocycles. The lowest BCUT2D eigenvalue weighted by Gasteiger charge is -2.39. The van der Waals surface area contributed by atoms with Crippen LogP contribution in [0.5, 0.6) is 0 Å². The third-order valence-corrected chi connectivity index (χ3v) is 5.40. The van der Waals surface area contributed by atoms with Gasteiger partial charge in [0.1, 0.15) is 0 Å². The van der Waals surface area contributed by atoms with Gasteiger partial charge in [-0.25, -0.2) is 4.79 Å². The first-order chi connectivity index (χ1) is 10.1. The number of hydrogen-bond acceptors (Lipinski definition) is 3. The Labute approximate surface area is 126 Å². The summed E-state index contributed by atoms with van der Waals surface area (Å²) in [6.07, 6.45) is 4.31. The summed E-state index contributed by atoms with van der Waals surface area (Å²) < 4.78 is 0. The third-order valence-electron chi connectivity index (χ3n) is 5.40. The highest BCUT2D eigenvalue weighted by Gasteiger charge is 2.39. The van der Waals surface area contributed by atoms with Gasteiger partial charge in [-0.2, -0.15) is 0 Å². The Morgan fingerprint density at radius 1 is 1.38 bits per heavy atom. The van der Waals surface area contributed by atoms with Gasteiger partial charge in [0, 0.05) is 38.1 Å². The number of amides is 3. The fraction of sp³-hybridized carbons (Fsp3) is 0.867. The van der Waals surface area contributed by atoms with E-state index in [-0.39, 0.29) is 29.9 Å². The van der Waals surface area contributed by atoms with Gasteiger partial charge in [0.05, 0.1) is 6.04 Å². The minimum absolute atomic E-state index is 0.0124. The topological polar surface area (TPSA) is 78.7 Å². The monoisotopic (exact) mass is 294 g/mol. The van der Waals surface area contributed by atoms with Crippen LogP contribution in [0.4, 0.5) is 4.79 Å². The van der Waals surface area contributed by atoms with Crippen molar-refractivity contribution in [2.45, 2.75) is 44.7 Å². The van der Waals surface area contributed by atoms with Gasteiger partial charge in [0.25, 0.3) is 0 Å². The number of hydrogen-bond donors (Lipinski definition) is 2. The van der Waals surface area contributed by atoms with Crippen LogP contribution in [0.25, 0.3) is 0 Å². The largest absolute Gasteiger partial charge is 0.339 e. The zero-order chi connectivity index (χ0) is 15.0. The number of urea groups is 1. The maximum Gasteiger partial charge on any atom is 0.317 e. The first-order valence-electron chi connectivity index (χ1n) is 8.15. The molecule has 3 fully saturated rings. The van der Waals surface area contributed by atoms with Crippen LogP contribution in [0.1, 0.15) is 32.6 Å². The molecule has 0 bridgehead atoms. The van der Waals surface area contributed by atoms with Gasteiger partial charge in [-0.15, -0.1) is 0 Å². The van der Waals surface area contributed by atoms with E-state index in [1.807, 2.05) is 9.80 Å². The SMILES string of the molecule is CC(C(=O)N1CCN2C(=O)NCC2C1)C1CCCC(N)C1. The van der Waals surface area contributed by atoms with Crippen molar-refractivity contribution in [1.29, 1.82) is 0 Å². The predicted octanol–water partition coefficient (Wildman–Crippen LogP) is 0.376. The van der Waals surface area contributed by atoms with Crippen molar-refractivity contribution in [3.05, 3.63) is 0 Å². The lowest BCUT2D eigenvalue weighted by Crippen LogP contribution is -2.55. The summed E-state index contributed by atoms with van der Waals surface area (Å²) in [7, 11) is 0. The van der Waals surface area contributed by atoms with E-state index < -0.39 is 0 Å². The van der Waals surface area contributed by atoms with Crippen LogP contribution < -0.4 is 11.1 Å². The molecule has 6 nitrogen and oxygen atoms in total. The van der Waals surface area contributed by atoms with Gasteiger partial charge in [-0.1, -0.05) is 13.3 Å². The highest BCUT2D eigenvalue weighted by molar-refractivity contribution is 5.81. The first-order valence-corrected chi connectivity index (χ1v) is 8.15. The van der Waals surface area contributed by atoms with E-state index in [4.69, 9.17) is 5.73 Å². The summed E-state index contributed by atoms with van der Waals surface area (Å²) in [5, 5.41) is 2.85. The fourth-order valence-corrected chi connectivity index (χ4v) is 4.01. The zero-order valence-electron chi connectivity index (χ0n) is 12.8. The summed E-state index contributed by atoms with van der Waals surface area (Å²) >= 11 is 0.